The molecule has 0 aromatic heterocycles. The summed E-state index contributed by atoms with van der Waals surface area (Å²) in [6.07, 6.45) is 3.53. The van der Waals surface area contributed by atoms with Crippen LogP contribution in [0.3, 0.4) is 0 Å². The van der Waals surface area contributed by atoms with Gasteiger partial charge in [0.25, 0.3) is 0 Å². The molecule has 1 aliphatic rings. The summed E-state index contributed by atoms with van der Waals surface area (Å²) in [6.45, 7) is 13.3. The molecule has 0 saturated carbocycles. The van der Waals surface area contributed by atoms with Crippen LogP contribution in [0.15, 0.2) is 0 Å². The number of likely N-dealkylation sites (tertiary alicyclic amines) is 1. The number of rotatable bonds is 4. The lowest BCUT2D eigenvalue weighted by Gasteiger charge is -2.36. The van der Waals surface area contributed by atoms with Gasteiger partial charge in [0.1, 0.15) is 0 Å². The Morgan fingerprint density at radius 1 is 1.28 bits per heavy atom. The third-order valence-corrected chi connectivity index (χ3v) is 3.59. The largest absolute Gasteiger partial charge is 0.343 e. The third-order valence-electron chi connectivity index (χ3n) is 3.59. The normalized spacial score (nSPS) is 16.8. The van der Waals surface area contributed by atoms with Gasteiger partial charge in [-0.2, -0.15) is 0 Å². The van der Waals surface area contributed by atoms with Gasteiger partial charge in [-0.1, -0.05) is 27.7 Å². The van der Waals surface area contributed by atoms with Crippen molar-refractivity contribution in [3.8, 4) is 0 Å². The highest BCUT2D eigenvalue weighted by Gasteiger charge is 2.23. The van der Waals surface area contributed by atoms with Crippen molar-refractivity contribution in [2.75, 3.05) is 26.7 Å². The van der Waals surface area contributed by atoms with Crippen LogP contribution < -0.4 is 0 Å². The highest BCUT2D eigenvalue weighted by Crippen LogP contribution is 2.16. The Morgan fingerprint density at radius 2 is 1.78 bits per heavy atom. The van der Waals surface area contributed by atoms with E-state index in [1.165, 1.54) is 13.0 Å². The fourth-order valence-corrected chi connectivity index (χ4v) is 2.27. The molecule has 0 spiro atoms. The molecule has 1 aliphatic heterocycles. The molecule has 1 fully saturated rings. The standard InChI is InChI=1S/C13H26N2O.C2H6/c1-11(2)5-8-14(4)13-6-9-15(10-7-13)12(3)16;1-2/h11,13H,5-10H2,1-4H3;1-2H3. The molecule has 0 bridgehead atoms. The van der Waals surface area contributed by atoms with Gasteiger partial charge in [-0.05, 0) is 38.8 Å². The minimum absolute atomic E-state index is 0.225. The summed E-state index contributed by atoms with van der Waals surface area (Å²) in [6, 6.07) is 0.675. The first kappa shape index (κ1) is 17.4. The minimum Gasteiger partial charge on any atom is -0.343 e. The molecule has 0 N–H and O–H groups in total. The van der Waals surface area contributed by atoms with Gasteiger partial charge in [-0.15, -0.1) is 0 Å². The summed E-state index contributed by atoms with van der Waals surface area (Å²) in [5.41, 5.74) is 0. The average Bonchev–Trinajstić information content (AvgIpc) is 2.38. The topological polar surface area (TPSA) is 23.6 Å². The van der Waals surface area contributed by atoms with E-state index in [4.69, 9.17) is 0 Å². The second-order valence-electron chi connectivity index (χ2n) is 5.40. The predicted octanol–water partition coefficient (Wildman–Crippen LogP) is 3.00. The van der Waals surface area contributed by atoms with Gasteiger partial charge in [0.05, 0.1) is 0 Å². The number of hydrogen-bond donors (Lipinski definition) is 0. The Morgan fingerprint density at radius 3 is 2.17 bits per heavy atom. The number of amides is 1. The van der Waals surface area contributed by atoms with Crippen LogP contribution in [-0.4, -0.2) is 48.4 Å². The van der Waals surface area contributed by atoms with Crippen molar-refractivity contribution in [1.82, 2.24) is 9.80 Å². The lowest BCUT2D eigenvalue weighted by Crippen LogP contribution is -2.45. The van der Waals surface area contributed by atoms with Crippen LogP contribution in [0, 0.1) is 5.92 Å². The minimum atomic E-state index is 0.225. The molecule has 1 heterocycles. The van der Waals surface area contributed by atoms with E-state index in [1.54, 1.807) is 6.92 Å². The van der Waals surface area contributed by atoms with Crippen molar-refractivity contribution in [1.29, 1.82) is 0 Å². The van der Waals surface area contributed by atoms with E-state index in [9.17, 15) is 4.79 Å². The summed E-state index contributed by atoms with van der Waals surface area (Å²) < 4.78 is 0. The first-order valence-electron chi connectivity index (χ1n) is 7.46. The van der Waals surface area contributed by atoms with Crippen molar-refractivity contribution in [2.24, 2.45) is 5.92 Å². The monoisotopic (exact) mass is 256 g/mol. The van der Waals surface area contributed by atoms with Gasteiger partial charge in [-0.25, -0.2) is 0 Å². The van der Waals surface area contributed by atoms with Crippen LogP contribution in [0.2, 0.25) is 0 Å². The molecular formula is C15H32N2O. The molecule has 0 aromatic carbocycles. The lowest BCUT2D eigenvalue weighted by molar-refractivity contribution is -0.130. The van der Waals surface area contributed by atoms with Gasteiger partial charge in [-0.3, -0.25) is 4.79 Å². The molecule has 0 aliphatic carbocycles. The van der Waals surface area contributed by atoms with Gasteiger partial charge in [0.15, 0.2) is 0 Å². The Kier molecular flexibility index (Phi) is 9.08. The fraction of sp³-hybridized carbons (Fsp3) is 0.933. The summed E-state index contributed by atoms with van der Waals surface area (Å²) >= 11 is 0. The van der Waals surface area contributed by atoms with Gasteiger partial charge < -0.3 is 9.80 Å². The van der Waals surface area contributed by atoms with Crippen LogP contribution in [0.5, 0.6) is 0 Å². The third kappa shape index (κ3) is 6.39. The van der Waals surface area contributed by atoms with Gasteiger partial charge >= 0.3 is 0 Å². The van der Waals surface area contributed by atoms with Crippen molar-refractivity contribution in [2.45, 2.75) is 59.9 Å². The molecule has 0 atom stereocenters. The van der Waals surface area contributed by atoms with E-state index in [1.807, 2.05) is 18.7 Å². The zero-order chi connectivity index (χ0) is 14.1. The van der Waals surface area contributed by atoms with E-state index in [-0.39, 0.29) is 5.91 Å². The van der Waals surface area contributed by atoms with E-state index in [0.717, 1.165) is 31.8 Å². The molecule has 0 radical (unpaired) electrons. The summed E-state index contributed by atoms with van der Waals surface area (Å²) in [5.74, 6) is 1.00. The van der Waals surface area contributed by atoms with Crippen LogP contribution >= 0.6 is 0 Å². The Balaban J connectivity index is 0.00000137. The molecule has 108 valence electrons. The SMILES string of the molecule is CC.CC(=O)N1CCC(N(C)CCC(C)C)CC1. The average molecular weight is 256 g/mol. The van der Waals surface area contributed by atoms with Crippen molar-refractivity contribution >= 4 is 5.91 Å². The molecular weight excluding hydrogens is 224 g/mol. The smallest absolute Gasteiger partial charge is 0.219 e. The molecule has 3 heteroatoms. The molecule has 18 heavy (non-hydrogen) atoms. The second-order valence-corrected chi connectivity index (χ2v) is 5.40. The van der Waals surface area contributed by atoms with E-state index in [0.29, 0.717) is 6.04 Å². The Bertz CT molecular complexity index is 221. The number of piperidine rings is 1. The van der Waals surface area contributed by atoms with Crippen molar-refractivity contribution in [3.05, 3.63) is 0 Å². The summed E-state index contributed by atoms with van der Waals surface area (Å²) in [5, 5.41) is 0. The van der Waals surface area contributed by atoms with E-state index in [2.05, 4.69) is 25.8 Å². The predicted molar refractivity (Wildman–Crippen MR) is 78.7 cm³/mol. The zero-order valence-electron chi connectivity index (χ0n) is 13.2. The summed E-state index contributed by atoms with van der Waals surface area (Å²) in [4.78, 5) is 15.6. The quantitative estimate of drug-likeness (QED) is 0.772. The molecule has 1 rings (SSSR count). The van der Waals surface area contributed by atoms with Crippen LogP contribution in [0.4, 0.5) is 0 Å². The first-order chi connectivity index (χ1) is 8.50. The lowest BCUT2D eigenvalue weighted by atomic mass is 10.0. The van der Waals surface area contributed by atoms with Crippen LogP contribution in [-0.2, 0) is 4.79 Å². The van der Waals surface area contributed by atoms with Crippen molar-refractivity contribution < 1.29 is 4.79 Å². The Labute approximate surface area is 114 Å². The molecule has 0 aromatic rings. The van der Waals surface area contributed by atoms with Crippen molar-refractivity contribution in [3.63, 3.8) is 0 Å². The summed E-state index contributed by atoms with van der Waals surface area (Å²) in [7, 11) is 2.22. The Hall–Kier alpha value is -0.570. The maximum absolute atomic E-state index is 11.2. The van der Waals surface area contributed by atoms with Crippen LogP contribution in [0.1, 0.15) is 53.9 Å². The number of carbonyl (C=O) groups is 1. The first-order valence-corrected chi connectivity index (χ1v) is 7.46. The van der Waals surface area contributed by atoms with Gasteiger partial charge in [0, 0.05) is 26.1 Å². The fourth-order valence-electron chi connectivity index (χ4n) is 2.27. The zero-order valence-corrected chi connectivity index (χ0v) is 13.2. The van der Waals surface area contributed by atoms with E-state index >= 15 is 0 Å². The maximum atomic E-state index is 11.2. The highest BCUT2D eigenvalue weighted by atomic mass is 16.2. The maximum Gasteiger partial charge on any atom is 0.219 e. The second kappa shape index (κ2) is 9.37. The molecule has 0 unspecified atom stereocenters. The molecule has 3 nitrogen and oxygen atoms in total. The number of nitrogens with zero attached hydrogens (tertiary/aromatic N) is 2. The number of hydrogen-bond acceptors (Lipinski definition) is 2. The molecule has 1 amide bonds. The molecule has 1 saturated heterocycles. The number of carbonyl (C=O) groups excluding carboxylic acids is 1. The van der Waals surface area contributed by atoms with E-state index < -0.39 is 0 Å². The van der Waals surface area contributed by atoms with Gasteiger partial charge in [0.2, 0.25) is 5.91 Å². The highest BCUT2D eigenvalue weighted by molar-refractivity contribution is 5.73. The van der Waals surface area contributed by atoms with Crippen LogP contribution in [0.25, 0.3) is 0 Å².